The molecule has 1 aliphatic carbocycles. The minimum absolute atomic E-state index is 0.0431. The number of hydrogen-bond acceptors (Lipinski definition) is 5. The minimum atomic E-state index is -4.50. The van der Waals surface area contributed by atoms with Gasteiger partial charge in [0.15, 0.2) is 5.65 Å². The first kappa shape index (κ1) is 17.9. The average Bonchev–Trinajstić information content (AvgIpc) is 3.39. The standard InChI is InChI=1S/C17H16F3N5OS/c1-2-23-27(26)14-5-11(10-3-4-10)7-21-16(14)13-9-25-15(24-13)6-12(8-22-25)17(18,19)20/h5-10,27H,2-4H2,1H3. The lowest BCUT2D eigenvalue weighted by Gasteiger charge is -2.05. The largest absolute Gasteiger partial charge is 0.418 e. The third-order valence-corrected chi connectivity index (χ3v) is 5.60. The maximum Gasteiger partial charge on any atom is 0.418 e. The van der Waals surface area contributed by atoms with Gasteiger partial charge in [-0.3, -0.25) is 4.98 Å². The summed E-state index contributed by atoms with van der Waals surface area (Å²) in [6.07, 6.45) is 1.58. The Bertz CT molecular complexity index is 1100. The van der Waals surface area contributed by atoms with Crippen molar-refractivity contribution >= 4 is 16.2 Å². The normalized spacial score (nSPS) is 16.1. The van der Waals surface area contributed by atoms with Crippen LogP contribution >= 0.6 is 0 Å². The molecule has 0 radical (unpaired) electrons. The lowest BCUT2D eigenvalue weighted by atomic mass is 10.1. The molecular formula is C17H16F3N5OS. The van der Waals surface area contributed by atoms with Crippen molar-refractivity contribution in [2.75, 3.05) is 6.54 Å². The van der Waals surface area contributed by atoms with Crippen LogP contribution < -0.4 is 0 Å². The molecule has 1 unspecified atom stereocenters. The maximum atomic E-state index is 12.9. The average molecular weight is 395 g/mol. The van der Waals surface area contributed by atoms with E-state index in [-0.39, 0.29) is 5.65 Å². The van der Waals surface area contributed by atoms with E-state index in [1.54, 1.807) is 13.1 Å². The zero-order valence-electron chi connectivity index (χ0n) is 14.3. The highest BCUT2D eigenvalue weighted by Gasteiger charge is 2.31. The first-order chi connectivity index (χ1) is 12.9. The van der Waals surface area contributed by atoms with Crippen molar-refractivity contribution in [1.82, 2.24) is 19.6 Å². The van der Waals surface area contributed by atoms with E-state index in [0.29, 0.717) is 28.7 Å². The van der Waals surface area contributed by atoms with Crippen LogP contribution in [-0.2, 0) is 16.8 Å². The topological polar surface area (TPSA) is 72.5 Å². The Hall–Kier alpha value is -2.49. The highest BCUT2D eigenvalue weighted by molar-refractivity contribution is 7.75. The van der Waals surface area contributed by atoms with Gasteiger partial charge in [0.1, 0.15) is 11.4 Å². The van der Waals surface area contributed by atoms with Gasteiger partial charge in [-0.25, -0.2) is 18.1 Å². The number of halogens is 3. The van der Waals surface area contributed by atoms with Gasteiger partial charge in [-0.15, -0.1) is 0 Å². The van der Waals surface area contributed by atoms with Crippen molar-refractivity contribution in [3.05, 3.63) is 41.9 Å². The second-order valence-corrected chi connectivity index (χ2v) is 7.62. The summed E-state index contributed by atoms with van der Waals surface area (Å²) in [7, 11) is -2.02. The summed E-state index contributed by atoms with van der Waals surface area (Å²) in [6, 6.07) is 2.75. The molecule has 0 aliphatic heterocycles. The molecule has 3 aromatic heterocycles. The number of alkyl halides is 3. The Morgan fingerprint density at radius 1 is 1.30 bits per heavy atom. The molecule has 1 atom stereocenters. The lowest BCUT2D eigenvalue weighted by molar-refractivity contribution is -0.137. The molecule has 0 bridgehead atoms. The van der Waals surface area contributed by atoms with Crippen molar-refractivity contribution in [3.63, 3.8) is 0 Å². The monoisotopic (exact) mass is 395 g/mol. The third kappa shape index (κ3) is 3.53. The van der Waals surface area contributed by atoms with Gasteiger partial charge in [-0.2, -0.15) is 18.3 Å². The summed E-state index contributed by atoms with van der Waals surface area (Å²) in [4.78, 5) is 9.08. The number of pyridine rings is 1. The van der Waals surface area contributed by atoms with E-state index in [4.69, 9.17) is 0 Å². The Labute approximate surface area is 154 Å². The van der Waals surface area contributed by atoms with E-state index < -0.39 is 22.3 Å². The molecule has 1 saturated carbocycles. The van der Waals surface area contributed by atoms with E-state index in [2.05, 4.69) is 19.4 Å². The molecule has 6 nitrogen and oxygen atoms in total. The van der Waals surface area contributed by atoms with Crippen LogP contribution in [0.25, 0.3) is 17.0 Å². The van der Waals surface area contributed by atoms with E-state index in [1.807, 2.05) is 6.07 Å². The maximum absolute atomic E-state index is 12.9. The van der Waals surface area contributed by atoms with Crippen LogP contribution in [0.5, 0.6) is 0 Å². The zero-order chi connectivity index (χ0) is 19.2. The highest BCUT2D eigenvalue weighted by Crippen LogP contribution is 2.41. The van der Waals surface area contributed by atoms with Gasteiger partial charge in [-0.05, 0) is 43.4 Å². The Morgan fingerprint density at radius 3 is 2.74 bits per heavy atom. The smallest absolute Gasteiger partial charge is 0.253 e. The number of hydrogen-bond donors (Lipinski definition) is 1. The van der Waals surface area contributed by atoms with Gasteiger partial charge in [0.05, 0.1) is 33.4 Å². The Balaban J connectivity index is 1.84. The molecular weight excluding hydrogens is 379 g/mol. The minimum Gasteiger partial charge on any atom is -0.253 e. The molecule has 1 fully saturated rings. The van der Waals surface area contributed by atoms with Gasteiger partial charge < -0.3 is 0 Å². The quantitative estimate of drug-likeness (QED) is 0.684. The van der Waals surface area contributed by atoms with Gasteiger partial charge >= 0.3 is 6.18 Å². The fourth-order valence-electron chi connectivity index (χ4n) is 2.80. The van der Waals surface area contributed by atoms with Gasteiger partial charge in [0.25, 0.3) is 0 Å². The summed E-state index contributed by atoms with van der Waals surface area (Å²) in [5, 5.41) is 3.77. The van der Waals surface area contributed by atoms with Crippen molar-refractivity contribution in [3.8, 4) is 11.4 Å². The molecule has 3 heterocycles. The summed E-state index contributed by atoms with van der Waals surface area (Å²) in [5.41, 5.74) is 0.841. The predicted octanol–water partition coefficient (Wildman–Crippen LogP) is 3.73. The highest BCUT2D eigenvalue weighted by atomic mass is 32.2. The predicted molar refractivity (Wildman–Crippen MR) is 94.0 cm³/mol. The summed E-state index contributed by atoms with van der Waals surface area (Å²) in [6.45, 7) is 2.18. The molecule has 142 valence electrons. The number of rotatable bonds is 4. The van der Waals surface area contributed by atoms with Crippen molar-refractivity contribution in [1.29, 1.82) is 0 Å². The molecule has 1 aliphatic rings. The number of thiol groups is 1. The van der Waals surface area contributed by atoms with E-state index in [1.165, 1.54) is 10.7 Å². The van der Waals surface area contributed by atoms with Gasteiger partial charge in [-0.1, -0.05) is 0 Å². The van der Waals surface area contributed by atoms with Crippen molar-refractivity contribution in [2.24, 2.45) is 4.36 Å². The molecule has 0 aromatic carbocycles. The number of aromatic nitrogens is 4. The van der Waals surface area contributed by atoms with Gasteiger partial charge in [0.2, 0.25) is 0 Å². The summed E-state index contributed by atoms with van der Waals surface area (Å²) < 4.78 is 56.6. The molecule has 0 spiro atoms. The van der Waals surface area contributed by atoms with Crippen LogP contribution in [0.15, 0.2) is 40.0 Å². The fourth-order valence-corrected chi connectivity index (χ4v) is 3.82. The molecule has 27 heavy (non-hydrogen) atoms. The zero-order valence-corrected chi connectivity index (χ0v) is 15.2. The molecule has 4 rings (SSSR count). The Morgan fingerprint density at radius 2 is 2.07 bits per heavy atom. The van der Waals surface area contributed by atoms with E-state index in [9.17, 15) is 17.4 Å². The van der Waals surface area contributed by atoms with Crippen molar-refractivity contribution < 1.29 is 17.4 Å². The molecule has 10 heteroatoms. The third-order valence-electron chi connectivity index (χ3n) is 4.30. The molecule has 3 aromatic rings. The van der Waals surface area contributed by atoms with Crippen LogP contribution in [0.4, 0.5) is 13.2 Å². The van der Waals surface area contributed by atoms with E-state index in [0.717, 1.165) is 30.7 Å². The second-order valence-electron chi connectivity index (χ2n) is 6.31. The summed E-state index contributed by atoms with van der Waals surface area (Å²) in [5.74, 6) is 0.424. The number of nitrogens with zero attached hydrogens (tertiary/aromatic N) is 5. The molecule has 0 saturated heterocycles. The number of imidazole rings is 1. The lowest BCUT2D eigenvalue weighted by Crippen LogP contribution is -2.06. The van der Waals surface area contributed by atoms with Crippen LogP contribution in [-0.4, -0.2) is 30.3 Å². The first-order valence-electron chi connectivity index (χ1n) is 8.44. The second kappa shape index (κ2) is 6.59. The van der Waals surface area contributed by atoms with Crippen LogP contribution in [0.1, 0.15) is 36.8 Å². The fraction of sp³-hybridized carbons (Fsp3) is 0.353. The van der Waals surface area contributed by atoms with Crippen LogP contribution in [0, 0.1) is 0 Å². The SMILES string of the molecule is CC/N=[SH](=O)/c1cc(C2CC2)cnc1-c1cn2ncc(C(F)(F)F)cc2n1. The first-order valence-corrected chi connectivity index (χ1v) is 9.65. The van der Waals surface area contributed by atoms with Crippen LogP contribution in [0.3, 0.4) is 0 Å². The van der Waals surface area contributed by atoms with E-state index >= 15 is 0 Å². The summed E-state index contributed by atoms with van der Waals surface area (Å²) >= 11 is 0. The van der Waals surface area contributed by atoms with Crippen molar-refractivity contribution in [2.45, 2.75) is 36.8 Å². The molecule has 0 N–H and O–H groups in total. The Kier molecular flexibility index (Phi) is 4.37. The van der Waals surface area contributed by atoms with Gasteiger partial charge in [0, 0.05) is 12.7 Å². The molecule has 0 amide bonds. The van der Waals surface area contributed by atoms with Crippen LogP contribution in [0.2, 0.25) is 0 Å². The number of fused-ring (bicyclic) bond motifs is 1.